The minimum atomic E-state index is -0.142. The van der Waals surface area contributed by atoms with Crippen LogP contribution in [0.15, 0.2) is 48.5 Å². The van der Waals surface area contributed by atoms with Crippen molar-refractivity contribution < 1.29 is 15.0 Å². The summed E-state index contributed by atoms with van der Waals surface area (Å²) >= 11 is 0. The van der Waals surface area contributed by atoms with Gasteiger partial charge in [0.25, 0.3) is 0 Å². The Bertz CT molecular complexity index is 596. The van der Waals surface area contributed by atoms with Crippen molar-refractivity contribution in [3.8, 4) is 11.5 Å². The van der Waals surface area contributed by atoms with E-state index in [1.165, 1.54) is 19.1 Å². The van der Waals surface area contributed by atoms with Gasteiger partial charge in [-0.15, -0.1) is 0 Å². The molecule has 0 aliphatic carbocycles. The molecule has 104 valence electrons. The lowest BCUT2D eigenvalue weighted by atomic mass is 10.1. The maximum absolute atomic E-state index is 11.7. The van der Waals surface area contributed by atoms with Gasteiger partial charge in [0.15, 0.2) is 11.5 Å². The molecular formula is C16H17NO3. The molecule has 1 amide bonds. The predicted octanol–water partition coefficient (Wildman–Crippen LogP) is 2.69. The van der Waals surface area contributed by atoms with Crippen molar-refractivity contribution in [3.05, 3.63) is 54.1 Å². The smallest absolute Gasteiger partial charge is 0.223 e. The molecule has 0 aliphatic heterocycles. The summed E-state index contributed by atoms with van der Waals surface area (Å²) in [5, 5.41) is 18.7. The SMILES string of the molecule is CC(=O)N(CCc1ccc(O)c(O)c1)c1ccccc1. The molecule has 2 rings (SSSR count). The molecule has 2 aromatic carbocycles. The first kappa shape index (κ1) is 13.9. The molecule has 0 unspecified atom stereocenters. The van der Waals surface area contributed by atoms with E-state index in [1.807, 2.05) is 30.3 Å². The Balaban J connectivity index is 2.10. The van der Waals surface area contributed by atoms with Gasteiger partial charge in [0.05, 0.1) is 0 Å². The number of phenols is 2. The Morgan fingerprint density at radius 3 is 2.35 bits per heavy atom. The average molecular weight is 271 g/mol. The van der Waals surface area contributed by atoms with E-state index in [9.17, 15) is 15.0 Å². The highest BCUT2D eigenvalue weighted by Crippen LogP contribution is 2.25. The number of phenolic OH excluding ortho intramolecular Hbond substituents is 2. The second-order valence-corrected chi connectivity index (χ2v) is 4.58. The van der Waals surface area contributed by atoms with Gasteiger partial charge in [-0.1, -0.05) is 24.3 Å². The van der Waals surface area contributed by atoms with Crippen LogP contribution in [0.4, 0.5) is 5.69 Å². The summed E-state index contributed by atoms with van der Waals surface area (Å²) in [5.74, 6) is -0.309. The molecule has 20 heavy (non-hydrogen) atoms. The van der Waals surface area contributed by atoms with Crippen molar-refractivity contribution in [2.24, 2.45) is 0 Å². The molecule has 0 heterocycles. The molecule has 4 nitrogen and oxygen atoms in total. The molecule has 0 spiro atoms. The van der Waals surface area contributed by atoms with Crippen LogP contribution in [0, 0.1) is 0 Å². The third-order valence-electron chi connectivity index (χ3n) is 3.11. The van der Waals surface area contributed by atoms with Gasteiger partial charge in [-0.3, -0.25) is 4.79 Å². The van der Waals surface area contributed by atoms with Crippen molar-refractivity contribution in [2.45, 2.75) is 13.3 Å². The number of anilines is 1. The first-order valence-electron chi connectivity index (χ1n) is 6.42. The van der Waals surface area contributed by atoms with E-state index in [2.05, 4.69) is 0 Å². The number of hydrogen-bond donors (Lipinski definition) is 2. The van der Waals surface area contributed by atoms with Crippen molar-refractivity contribution in [2.75, 3.05) is 11.4 Å². The van der Waals surface area contributed by atoms with Gasteiger partial charge in [0.1, 0.15) is 0 Å². The number of rotatable bonds is 4. The number of aromatic hydroxyl groups is 2. The summed E-state index contributed by atoms with van der Waals surface area (Å²) < 4.78 is 0. The molecular weight excluding hydrogens is 254 g/mol. The van der Waals surface area contributed by atoms with Crippen molar-refractivity contribution >= 4 is 11.6 Å². The summed E-state index contributed by atoms with van der Waals surface area (Å²) in [6, 6.07) is 14.1. The predicted molar refractivity (Wildman–Crippen MR) is 77.9 cm³/mol. The van der Waals surface area contributed by atoms with Crippen LogP contribution in [-0.4, -0.2) is 22.7 Å². The zero-order chi connectivity index (χ0) is 14.5. The lowest BCUT2D eigenvalue weighted by Crippen LogP contribution is -2.30. The minimum Gasteiger partial charge on any atom is -0.504 e. The summed E-state index contributed by atoms with van der Waals surface area (Å²) in [6.45, 7) is 2.05. The minimum absolute atomic E-state index is 0.0285. The van der Waals surface area contributed by atoms with E-state index in [1.54, 1.807) is 11.0 Å². The van der Waals surface area contributed by atoms with E-state index in [0.29, 0.717) is 13.0 Å². The number of nitrogens with zero attached hydrogens (tertiary/aromatic N) is 1. The highest BCUT2D eigenvalue weighted by atomic mass is 16.3. The molecule has 0 aliphatic rings. The van der Waals surface area contributed by atoms with Crippen LogP contribution in [0.3, 0.4) is 0 Å². The zero-order valence-corrected chi connectivity index (χ0v) is 11.3. The highest BCUT2D eigenvalue weighted by molar-refractivity contribution is 5.91. The number of para-hydroxylation sites is 1. The summed E-state index contributed by atoms with van der Waals surface area (Å²) in [7, 11) is 0. The quantitative estimate of drug-likeness (QED) is 0.840. The molecule has 4 heteroatoms. The molecule has 0 bridgehead atoms. The zero-order valence-electron chi connectivity index (χ0n) is 11.3. The Morgan fingerprint density at radius 2 is 1.75 bits per heavy atom. The van der Waals surface area contributed by atoms with E-state index in [-0.39, 0.29) is 17.4 Å². The van der Waals surface area contributed by atoms with Crippen LogP contribution >= 0.6 is 0 Å². The average Bonchev–Trinajstić information content (AvgIpc) is 2.44. The highest BCUT2D eigenvalue weighted by Gasteiger charge is 2.11. The molecule has 0 aromatic heterocycles. The molecule has 0 saturated heterocycles. The van der Waals surface area contributed by atoms with Gasteiger partial charge in [-0.05, 0) is 36.2 Å². The summed E-state index contributed by atoms with van der Waals surface area (Å²) in [4.78, 5) is 13.4. The molecule has 0 atom stereocenters. The molecule has 0 fully saturated rings. The number of carbonyl (C=O) groups excluding carboxylic acids is 1. The van der Waals surface area contributed by atoms with Crippen LogP contribution in [0.5, 0.6) is 11.5 Å². The largest absolute Gasteiger partial charge is 0.504 e. The Kier molecular flexibility index (Phi) is 4.25. The first-order valence-corrected chi connectivity index (χ1v) is 6.42. The standard InChI is InChI=1S/C16H17NO3/c1-12(18)17(14-5-3-2-4-6-14)10-9-13-7-8-15(19)16(20)11-13/h2-8,11,19-20H,9-10H2,1H3. The number of carbonyl (C=O) groups is 1. The van der Waals surface area contributed by atoms with Gasteiger partial charge < -0.3 is 15.1 Å². The normalized spacial score (nSPS) is 10.2. The van der Waals surface area contributed by atoms with Crippen LogP contribution in [0.2, 0.25) is 0 Å². The Labute approximate surface area is 117 Å². The molecule has 2 aromatic rings. The topological polar surface area (TPSA) is 60.8 Å². The maximum atomic E-state index is 11.7. The maximum Gasteiger partial charge on any atom is 0.223 e. The molecule has 0 saturated carbocycles. The van der Waals surface area contributed by atoms with Crippen LogP contribution < -0.4 is 4.90 Å². The van der Waals surface area contributed by atoms with Gasteiger partial charge in [-0.25, -0.2) is 0 Å². The fourth-order valence-electron chi connectivity index (χ4n) is 2.04. The van der Waals surface area contributed by atoms with Crippen LogP contribution in [-0.2, 0) is 11.2 Å². The third-order valence-corrected chi connectivity index (χ3v) is 3.11. The number of amides is 1. The van der Waals surface area contributed by atoms with Crippen LogP contribution in [0.1, 0.15) is 12.5 Å². The van der Waals surface area contributed by atoms with E-state index >= 15 is 0 Å². The Hall–Kier alpha value is -2.49. The second kappa shape index (κ2) is 6.10. The second-order valence-electron chi connectivity index (χ2n) is 4.58. The Morgan fingerprint density at radius 1 is 1.05 bits per heavy atom. The van der Waals surface area contributed by atoms with Gasteiger partial charge in [0.2, 0.25) is 5.91 Å². The fraction of sp³-hybridized carbons (Fsp3) is 0.188. The van der Waals surface area contributed by atoms with Crippen molar-refractivity contribution in [1.82, 2.24) is 0 Å². The summed E-state index contributed by atoms with van der Waals surface area (Å²) in [6.07, 6.45) is 0.600. The van der Waals surface area contributed by atoms with E-state index in [0.717, 1.165) is 11.3 Å². The lowest BCUT2D eigenvalue weighted by Gasteiger charge is -2.21. The van der Waals surface area contributed by atoms with E-state index in [4.69, 9.17) is 0 Å². The first-order chi connectivity index (χ1) is 9.58. The van der Waals surface area contributed by atoms with E-state index < -0.39 is 0 Å². The lowest BCUT2D eigenvalue weighted by molar-refractivity contribution is -0.116. The number of benzene rings is 2. The summed E-state index contributed by atoms with van der Waals surface area (Å²) in [5.41, 5.74) is 1.71. The monoisotopic (exact) mass is 271 g/mol. The number of hydrogen-bond acceptors (Lipinski definition) is 3. The molecule has 2 N–H and O–H groups in total. The molecule has 0 radical (unpaired) electrons. The fourth-order valence-corrected chi connectivity index (χ4v) is 2.04. The van der Waals surface area contributed by atoms with Crippen molar-refractivity contribution in [3.63, 3.8) is 0 Å². The van der Waals surface area contributed by atoms with Crippen molar-refractivity contribution in [1.29, 1.82) is 0 Å². The van der Waals surface area contributed by atoms with Gasteiger partial charge in [-0.2, -0.15) is 0 Å². The van der Waals surface area contributed by atoms with Crippen LogP contribution in [0.25, 0.3) is 0 Å². The van der Waals surface area contributed by atoms with Gasteiger partial charge >= 0.3 is 0 Å². The van der Waals surface area contributed by atoms with Gasteiger partial charge in [0, 0.05) is 19.2 Å². The third kappa shape index (κ3) is 3.29.